The van der Waals surface area contributed by atoms with Crippen LogP contribution < -0.4 is 9.46 Å². The van der Waals surface area contributed by atoms with Crippen molar-refractivity contribution < 1.29 is 26.3 Å². The maximum atomic E-state index is 13.6. The number of hydrogen-bond donors (Lipinski definition) is 2. The van der Waals surface area contributed by atoms with E-state index in [9.17, 15) is 21.6 Å². The zero-order valence-corrected chi connectivity index (χ0v) is 16.0. The first-order valence-corrected chi connectivity index (χ1v) is 9.66. The summed E-state index contributed by atoms with van der Waals surface area (Å²) in [6.45, 7) is 0. The van der Waals surface area contributed by atoms with Crippen molar-refractivity contribution in [3.05, 3.63) is 40.4 Å². The van der Waals surface area contributed by atoms with Crippen LogP contribution in [0.4, 0.5) is 19.1 Å². The molecule has 27 heavy (non-hydrogen) atoms. The van der Waals surface area contributed by atoms with E-state index in [1.54, 1.807) is 0 Å². The summed E-state index contributed by atoms with van der Waals surface area (Å²) in [6.07, 6.45) is -0.996. The predicted octanol–water partition coefficient (Wildman–Crippen LogP) is 3.48. The Morgan fingerprint density at radius 2 is 2.11 bits per heavy atom. The Kier molecular flexibility index (Phi) is 5.29. The van der Waals surface area contributed by atoms with Crippen molar-refractivity contribution in [1.82, 2.24) is 15.0 Å². The van der Waals surface area contributed by atoms with Crippen LogP contribution in [0.3, 0.4) is 0 Å². The highest BCUT2D eigenvalue weighted by atomic mass is 79.9. The first-order valence-electron chi connectivity index (χ1n) is 7.39. The minimum atomic E-state index is -4.14. The highest BCUT2D eigenvalue weighted by Crippen LogP contribution is 2.31. The first-order chi connectivity index (χ1) is 12.7. The highest BCUT2D eigenvalue weighted by Gasteiger charge is 2.23. The third-order valence-corrected chi connectivity index (χ3v) is 5.76. The van der Waals surface area contributed by atoms with Crippen LogP contribution in [-0.4, -0.2) is 36.9 Å². The Labute approximate surface area is 160 Å². The number of nitrogens with zero attached hydrogens (tertiary/aromatic N) is 2. The van der Waals surface area contributed by atoms with Gasteiger partial charge in [0.25, 0.3) is 10.0 Å². The van der Waals surface area contributed by atoms with Crippen LogP contribution in [-0.2, 0) is 16.4 Å². The highest BCUT2D eigenvalue weighted by molar-refractivity contribution is 9.10. The molecule has 0 bridgehead atoms. The van der Waals surface area contributed by atoms with Gasteiger partial charge in [0.15, 0.2) is 0 Å². The van der Waals surface area contributed by atoms with Crippen molar-refractivity contribution >= 4 is 42.8 Å². The van der Waals surface area contributed by atoms with E-state index in [2.05, 4.69) is 35.6 Å². The standard InChI is InChI=1S/C15H12BrF3N4O3S/c1-26-14-7(4-11(18)19)5-21-15(22-14)23-27(24,25)10-6-20-13-8(10)2-3-9(17)12(13)16/h2-3,5-6,11,20H,4H2,1H3,(H,21,22,23). The van der Waals surface area contributed by atoms with Gasteiger partial charge in [0.2, 0.25) is 18.3 Å². The van der Waals surface area contributed by atoms with Gasteiger partial charge in [0.05, 0.1) is 17.1 Å². The van der Waals surface area contributed by atoms with Crippen LogP contribution in [0.2, 0.25) is 0 Å². The Morgan fingerprint density at radius 1 is 1.37 bits per heavy atom. The molecule has 3 aromatic rings. The zero-order chi connectivity index (χ0) is 19.8. The molecule has 12 heteroatoms. The van der Waals surface area contributed by atoms with Gasteiger partial charge in [0.1, 0.15) is 10.7 Å². The van der Waals surface area contributed by atoms with Crippen LogP contribution in [0.1, 0.15) is 5.56 Å². The molecule has 0 aliphatic rings. The third kappa shape index (κ3) is 3.86. The summed E-state index contributed by atoms with van der Waals surface area (Å²) in [4.78, 5) is 10.1. The van der Waals surface area contributed by atoms with Crippen molar-refractivity contribution in [2.24, 2.45) is 0 Å². The first kappa shape index (κ1) is 19.4. The molecule has 0 saturated heterocycles. The second-order valence-electron chi connectivity index (χ2n) is 5.37. The van der Waals surface area contributed by atoms with Gasteiger partial charge >= 0.3 is 0 Å². The van der Waals surface area contributed by atoms with Gasteiger partial charge in [-0.1, -0.05) is 0 Å². The van der Waals surface area contributed by atoms with Crippen molar-refractivity contribution in [2.45, 2.75) is 17.7 Å². The molecule has 0 aliphatic carbocycles. The van der Waals surface area contributed by atoms with Gasteiger partial charge in [0, 0.05) is 29.8 Å². The molecule has 144 valence electrons. The molecule has 0 fully saturated rings. The molecule has 0 aliphatic heterocycles. The molecule has 2 N–H and O–H groups in total. The number of fused-ring (bicyclic) bond motifs is 1. The summed E-state index contributed by atoms with van der Waals surface area (Å²) in [5.74, 6) is -1.06. The maximum Gasteiger partial charge on any atom is 0.266 e. The summed E-state index contributed by atoms with van der Waals surface area (Å²) in [6, 6.07) is 2.44. The third-order valence-electron chi connectivity index (χ3n) is 3.62. The van der Waals surface area contributed by atoms with Crippen molar-refractivity contribution in [2.75, 3.05) is 11.8 Å². The summed E-state index contributed by atoms with van der Waals surface area (Å²) < 4.78 is 71.2. The molecule has 1 aromatic carbocycles. The average molecular weight is 465 g/mol. The second-order valence-corrected chi connectivity index (χ2v) is 7.81. The normalized spacial score (nSPS) is 11.9. The van der Waals surface area contributed by atoms with Gasteiger partial charge < -0.3 is 9.72 Å². The van der Waals surface area contributed by atoms with Gasteiger partial charge in [-0.15, -0.1) is 0 Å². The summed E-state index contributed by atoms with van der Waals surface area (Å²) in [5, 5.41) is 0.247. The van der Waals surface area contributed by atoms with Crippen molar-refractivity contribution in [3.63, 3.8) is 0 Å². The average Bonchev–Trinajstić information content (AvgIpc) is 3.04. The van der Waals surface area contributed by atoms with E-state index in [0.29, 0.717) is 0 Å². The smallest absolute Gasteiger partial charge is 0.266 e. The number of aromatic nitrogens is 3. The van der Waals surface area contributed by atoms with E-state index >= 15 is 0 Å². The number of halogens is 4. The largest absolute Gasteiger partial charge is 0.481 e. The molecule has 2 aromatic heterocycles. The molecular weight excluding hydrogens is 453 g/mol. The quantitative estimate of drug-likeness (QED) is 0.581. The number of ether oxygens (including phenoxy) is 1. The summed E-state index contributed by atoms with van der Waals surface area (Å²) in [5.41, 5.74) is 0.308. The molecule has 0 unspecified atom stereocenters. The zero-order valence-electron chi connectivity index (χ0n) is 13.6. The number of hydrogen-bond acceptors (Lipinski definition) is 5. The fourth-order valence-corrected chi connectivity index (χ4v) is 4.02. The minimum absolute atomic E-state index is 0.0435. The van der Waals surface area contributed by atoms with Gasteiger partial charge in [-0.2, -0.15) is 4.98 Å². The molecule has 3 rings (SSSR count). The second kappa shape index (κ2) is 7.35. The number of aromatic amines is 1. The number of alkyl halides is 2. The lowest BCUT2D eigenvalue weighted by Gasteiger charge is -2.10. The van der Waals surface area contributed by atoms with Crippen LogP contribution >= 0.6 is 15.9 Å². The number of benzene rings is 1. The van der Waals surface area contributed by atoms with Crippen LogP contribution in [0.15, 0.2) is 33.9 Å². The Hall–Kier alpha value is -2.34. The van der Waals surface area contributed by atoms with Gasteiger partial charge in [-0.3, -0.25) is 0 Å². The minimum Gasteiger partial charge on any atom is -0.481 e. The Bertz CT molecular complexity index is 1110. The SMILES string of the molecule is COc1nc(NS(=O)(=O)c2c[nH]c3c(Br)c(F)ccc23)ncc1CC(F)F. The fourth-order valence-electron chi connectivity index (χ4n) is 2.43. The van der Waals surface area contributed by atoms with Gasteiger partial charge in [-0.25, -0.2) is 31.3 Å². The van der Waals surface area contributed by atoms with E-state index in [-0.39, 0.29) is 37.7 Å². The number of nitrogens with one attached hydrogen (secondary N) is 2. The molecular formula is C15H12BrF3N4O3S. The predicted molar refractivity (Wildman–Crippen MR) is 95.1 cm³/mol. The Morgan fingerprint density at radius 3 is 2.78 bits per heavy atom. The number of methoxy groups -OCH3 is 1. The molecule has 0 radical (unpaired) electrons. The lowest BCUT2D eigenvalue weighted by molar-refractivity contribution is 0.147. The van der Waals surface area contributed by atoms with Crippen LogP contribution in [0.5, 0.6) is 5.88 Å². The molecule has 0 amide bonds. The van der Waals surface area contributed by atoms with Crippen LogP contribution in [0.25, 0.3) is 10.9 Å². The number of H-pyrrole nitrogens is 1. The monoisotopic (exact) mass is 464 g/mol. The fraction of sp³-hybridized carbons (Fsp3) is 0.200. The molecule has 7 nitrogen and oxygen atoms in total. The molecule has 2 heterocycles. The van der Waals surface area contributed by atoms with E-state index in [0.717, 1.165) is 12.3 Å². The van der Waals surface area contributed by atoms with Crippen molar-refractivity contribution in [1.29, 1.82) is 0 Å². The molecule has 0 spiro atoms. The summed E-state index contributed by atoms with van der Waals surface area (Å²) >= 11 is 3.05. The lowest BCUT2D eigenvalue weighted by atomic mass is 10.2. The Balaban J connectivity index is 1.97. The number of sulfonamides is 1. The van der Waals surface area contributed by atoms with E-state index in [4.69, 9.17) is 4.74 Å². The molecule has 0 atom stereocenters. The summed E-state index contributed by atoms with van der Waals surface area (Å²) in [7, 11) is -2.92. The van der Waals surface area contributed by atoms with E-state index in [1.165, 1.54) is 19.4 Å². The topological polar surface area (TPSA) is 97.0 Å². The molecule has 0 saturated carbocycles. The van der Waals surface area contributed by atoms with Crippen molar-refractivity contribution in [3.8, 4) is 5.88 Å². The van der Waals surface area contributed by atoms with Crippen LogP contribution in [0, 0.1) is 5.82 Å². The van der Waals surface area contributed by atoms with E-state index < -0.39 is 28.7 Å². The van der Waals surface area contributed by atoms with Gasteiger partial charge in [-0.05, 0) is 28.1 Å². The lowest BCUT2D eigenvalue weighted by Crippen LogP contribution is -2.15. The maximum absolute atomic E-state index is 13.6. The number of anilines is 1. The van der Waals surface area contributed by atoms with E-state index in [1.807, 2.05) is 0 Å². The number of rotatable bonds is 6.